The maximum absolute atomic E-state index is 13.5. The highest BCUT2D eigenvalue weighted by Gasteiger charge is 2.25. The van der Waals surface area contributed by atoms with Gasteiger partial charge in [0.1, 0.15) is 11.3 Å². The molecular formula is C30H24N2O2. The van der Waals surface area contributed by atoms with Crippen molar-refractivity contribution in [2.75, 3.05) is 0 Å². The predicted molar refractivity (Wildman–Crippen MR) is 135 cm³/mol. The van der Waals surface area contributed by atoms with E-state index in [2.05, 4.69) is 13.0 Å². The zero-order chi connectivity index (χ0) is 23.2. The van der Waals surface area contributed by atoms with Gasteiger partial charge < -0.3 is 4.42 Å². The molecule has 0 spiro atoms. The third-order valence-electron chi connectivity index (χ3n) is 6.55. The van der Waals surface area contributed by atoms with Gasteiger partial charge in [-0.05, 0) is 74.2 Å². The molecule has 2 aromatic heterocycles. The van der Waals surface area contributed by atoms with Gasteiger partial charge in [0, 0.05) is 28.3 Å². The molecule has 0 saturated carbocycles. The number of ketones is 1. The fraction of sp³-hybridized carbons (Fsp3) is 0.133. The molecular weight excluding hydrogens is 420 g/mol. The van der Waals surface area contributed by atoms with Crippen LogP contribution in [0.3, 0.4) is 0 Å². The SMILES string of the molecule is Cc1cc(C)c2c(c1)C(=O)/C(=C/c1cn(-c3ccccc3)nc1-c1cc3ccccc3o1)CC2. The van der Waals surface area contributed by atoms with E-state index in [4.69, 9.17) is 9.52 Å². The number of nitrogens with zero attached hydrogens (tertiary/aromatic N) is 2. The van der Waals surface area contributed by atoms with Crippen LogP contribution in [-0.2, 0) is 6.42 Å². The monoisotopic (exact) mass is 444 g/mol. The lowest BCUT2D eigenvalue weighted by Gasteiger charge is -2.20. The predicted octanol–water partition coefficient (Wildman–Crippen LogP) is 7.11. The average molecular weight is 445 g/mol. The number of para-hydroxylation sites is 2. The molecule has 34 heavy (non-hydrogen) atoms. The fourth-order valence-corrected chi connectivity index (χ4v) is 4.90. The zero-order valence-electron chi connectivity index (χ0n) is 19.2. The Kier molecular flexibility index (Phi) is 4.80. The Bertz CT molecular complexity index is 1550. The van der Waals surface area contributed by atoms with Crippen molar-refractivity contribution in [1.82, 2.24) is 9.78 Å². The van der Waals surface area contributed by atoms with E-state index < -0.39 is 0 Å². The number of aryl methyl sites for hydroxylation is 2. The molecule has 0 saturated heterocycles. The van der Waals surface area contributed by atoms with Crippen LogP contribution in [0.2, 0.25) is 0 Å². The summed E-state index contributed by atoms with van der Waals surface area (Å²) in [7, 11) is 0. The molecule has 1 aliphatic carbocycles. The normalized spacial score (nSPS) is 14.6. The largest absolute Gasteiger partial charge is 0.454 e. The van der Waals surface area contributed by atoms with E-state index in [-0.39, 0.29) is 5.78 Å². The Balaban J connectivity index is 1.49. The highest BCUT2D eigenvalue weighted by atomic mass is 16.3. The van der Waals surface area contributed by atoms with Gasteiger partial charge in [0.25, 0.3) is 0 Å². The van der Waals surface area contributed by atoms with Crippen molar-refractivity contribution < 1.29 is 9.21 Å². The first-order valence-electron chi connectivity index (χ1n) is 11.6. The van der Waals surface area contributed by atoms with Crippen molar-refractivity contribution in [2.45, 2.75) is 26.7 Å². The van der Waals surface area contributed by atoms with Crippen molar-refractivity contribution in [3.05, 3.63) is 112 Å². The van der Waals surface area contributed by atoms with Crippen LogP contribution in [0.5, 0.6) is 0 Å². The Labute approximate surface area is 198 Å². The number of carbonyl (C=O) groups excluding carboxylic acids is 1. The minimum Gasteiger partial charge on any atom is -0.454 e. The topological polar surface area (TPSA) is 48.0 Å². The molecule has 0 bridgehead atoms. The van der Waals surface area contributed by atoms with Gasteiger partial charge in [0.05, 0.1) is 5.69 Å². The highest BCUT2D eigenvalue weighted by molar-refractivity contribution is 6.13. The number of furan rings is 1. The third-order valence-corrected chi connectivity index (χ3v) is 6.55. The van der Waals surface area contributed by atoms with Crippen LogP contribution >= 0.6 is 0 Å². The van der Waals surface area contributed by atoms with Crippen LogP contribution in [0, 0.1) is 13.8 Å². The minimum absolute atomic E-state index is 0.107. The van der Waals surface area contributed by atoms with Crippen LogP contribution in [0.25, 0.3) is 34.2 Å². The molecule has 0 unspecified atom stereocenters. The summed E-state index contributed by atoms with van der Waals surface area (Å²) in [5, 5.41) is 5.90. The zero-order valence-corrected chi connectivity index (χ0v) is 19.2. The summed E-state index contributed by atoms with van der Waals surface area (Å²) in [6, 6.07) is 24.1. The Hall–Kier alpha value is -4.18. The summed E-state index contributed by atoms with van der Waals surface area (Å²) in [5.74, 6) is 0.800. The lowest BCUT2D eigenvalue weighted by atomic mass is 9.83. The average Bonchev–Trinajstić information content (AvgIpc) is 3.46. The van der Waals surface area contributed by atoms with Gasteiger partial charge in [-0.2, -0.15) is 5.10 Å². The molecule has 0 radical (unpaired) electrons. The van der Waals surface area contributed by atoms with Crippen LogP contribution in [-0.4, -0.2) is 15.6 Å². The molecule has 0 aliphatic heterocycles. The summed E-state index contributed by atoms with van der Waals surface area (Å²) >= 11 is 0. The molecule has 1 aliphatic rings. The van der Waals surface area contributed by atoms with Gasteiger partial charge in [-0.1, -0.05) is 48.0 Å². The molecule has 0 N–H and O–H groups in total. The summed E-state index contributed by atoms with van der Waals surface area (Å²) in [6.45, 7) is 4.14. The minimum atomic E-state index is 0.107. The van der Waals surface area contributed by atoms with Crippen molar-refractivity contribution in [3.8, 4) is 17.1 Å². The van der Waals surface area contributed by atoms with Gasteiger partial charge in [-0.15, -0.1) is 0 Å². The van der Waals surface area contributed by atoms with Crippen LogP contribution in [0.4, 0.5) is 0 Å². The van der Waals surface area contributed by atoms with E-state index in [9.17, 15) is 4.79 Å². The van der Waals surface area contributed by atoms with Crippen LogP contribution in [0.15, 0.2) is 89.0 Å². The molecule has 3 aromatic carbocycles. The number of Topliss-reactive ketones (excluding diaryl/α,β-unsaturated/α-hetero) is 1. The van der Waals surface area contributed by atoms with E-state index in [1.54, 1.807) is 0 Å². The van der Waals surface area contributed by atoms with Gasteiger partial charge in [0.2, 0.25) is 0 Å². The highest BCUT2D eigenvalue weighted by Crippen LogP contribution is 2.34. The maximum Gasteiger partial charge on any atom is 0.189 e. The van der Waals surface area contributed by atoms with E-state index in [0.29, 0.717) is 12.2 Å². The number of rotatable bonds is 3. The molecule has 6 rings (SSSR count). The molecule has 166 valence electrons. The van der Waals surface area contributed by atoms with Gasteiger partial charge >= 0.3 is 0 Å². The third kappa shape index (κ3) is 3.48. The summed E-state index contributed by atoms with van der Waals surface area (Å²) < 4.78 is 8.01. The van der Waals surface area contributed by atoms with E-state index in [1.165, 1.54) is 11.1 Å². The second kappa shape index (κ2) is 7.99. The Morgan fingerprint density at radius 3 is 2.56 bits per heavy atom. The summed E-state index contributed by atoms with van der Waals surface area (Å²) in [6.07, 6.45) is 5.56. The Morgan fingerprint density at radius 1 is 0.941 bits per heavy atom. The maximum atomic E-state index is 13.5. The van der Waals surface area contributed by atoms with E-state index in [1.807, 2.05) is 90.6 Å². The van der Waals surface area contributed by atoms with Crippen molar-refractivity contribution in [3.63, 3.8) is 0 Å². The second-order valence-electron chi connectivity index (χ2n) is 8.97. The first-order valence-corrected chi connectivity index (χ1v) is 11.6. The smallest absolute Gasteiger partial charge is 0.189 e. The lowest BCUT2D eigenvalue weighted by Crippen LogP contribution is -2.15. The van der Waals surface area contributed by atoms with Gasteiger partial charge in [0.15, 0.2) is 11.5 Å². The van der Waals surface area contributed by atoms with E-state index >= 15 is 0 Å². The molecule has 0 amide bonds. The molecule has 0 fully saturated rings. The van der Waals surface area contributed by atoms with Crippen molar-refractivity contribution in [2.24, 2.45) is 0 Å². The van der Waals surface area contributed by atoms with E-state index in [0.717, 1.165) is 51.0 Å². The summed E-state index contributed by atoms with van der Waals surface area (Å²) in [4.78, 5) is 13.5. The molecule has 2 heterocycles. The number of benzene rings is 3. The molecule has 5 aromatic rings. The number of fused-ring (bicyclic) bond motifs is 2. The standard InChI is InChI=1S/C30H24N2O2/c1-19-14-20(2)25-13-12-22(30(33)26(25)15-19)16-23-18-32(24-9-4-3-5-10-24)31-29(23)28-17-21-8-6-7-11-27(21)34-28/h3-11,14-18H,12-13H2,1-2H3/b22-16+. The van der Waals surface area contributed by atoms with Gasteiger partial charge in [-0.25, -0.2) is 4.68 Å². The van der Waals surface area contributed by atoms with Crippen LogP contribution in [0.1, 0.15) is 39.0 Å². The lowest BCUT2D eigenvalue weighted by molar-refractivity contribution is 0.102. The van der Waals surface area contributed by atoms with Crippen molar-refractivity contribution in [1.29, 1.82) is 0 Å². The molecule has 4 nitrogen and oxygen atoms in total. The second-order valence-corrected chi connectivity index (χ2v) is 8.97. The number of aromatic nitrogens is 2. The number of hydrogen-bond acceptors (Lipinski definition) is 3. The summed E-state index contributed by atoms with van der Waals surface area (Å²) in [5.41, 5.74) is 8.50. The van der Waals surface area contributed by atoms with Crippen LogP contribution < -0.4 is 0 Å². The number of allylic oxidation sites excluding steroid dienone is 1. The quantitative estimate of drug-likeness (QED) is 0.279. The van der Waals surface area contributed by atoms with Gasteiger partial charge in [-0.3, -0.25) is 4.79 Å². The fourth-order valence-electron chi connectivity index (χ4n) is 4.90. The molecule has 0 atom stereocenters. The number of hydrogen-bond donors (Lipinski definition) is 0. The first kappa shape index (κ1) is 20.4. The molecule has 4 heteroatoms. The number of carbonyl (C=O) groups is 1. The first-order chi connectivity index (χ1) is 16.6. The Morgan fingerprint density at radius 2 is 1.74 bits per heavy atom. The van der Waals surface area contributed by atoms with Crippen molar-refractivity contribution >= 4 is 22.8 Å².